The maximum absolute atomic E-state index is 10.9. The number of rotatable bonds is 4. The van der Waals surface area contributed by atoms with Gasteiger partial charge in [-0.1, -0.05) is 6.92 Å². The fourth-order valence-corrected chi connectivity index (χ4v) is 2.42. The number of aromatic carboxylic acids is 1. The smallest absolute Gasteiger partial charge is 0.339 e. The highest BCUT2D eigenvalue weighted by Crippen LogP contribution is 2.26. The van der Waals surface area contributed by atoms with Crippen LogP contribution in [0.1, 0.15) is 29.5 Å². The van der Waals surface area contributed by atoms with E-state index in [0.717, 1.165) is 13.0 Å². The molecule has 0 saturated carbocycles. The van der Waals surface area contributed by atoms with E-state index in [0.29, 0.717) is 18.2 Å². The van der Waals surface area contributed by atoms with Crippen molar-refractivity contribution in [1.82, 2.24) is 4.90 Å². The van der Waals surface area contributed by atoms with Crippen molar-refractivity contribution >= 4 is 5.97 Å². The van der Waals surface area contributed by atoms with Crippen LogP contribution in [0.2, 0.25) is 0 Å². The molecule has 1 aliphatic rings. The third-order valence-electron chi connectivity index (χ3n) is 3.51. The molecule has 0 spiro atoms. The Kier molecular flexibility index (Phi) is 3.49. The van der Waals surface area contributed by atoms with Crippen LogP contribution in [0.4, 0.5) is 0 Å². The standard InChI is InChI=1S/C12H17NO4/c1-8-2-4-13(10(8)7-14)6-11-9(12(15)16)3-5-17-11/h3,5,8,10,14H,2,4,6-7H2,1H3,(H,15,16). The molecule has 2 rings (SSSR count). The lowest BCUT2D eigenvalue weighted by molar-refractivity contribution is 0.0690. The summed E-state index contributed by atoms with van der Waals surface area (Å²) in [6, 6.07) is 1.56. The fraction of sp³-hybridized carbons (Fsp3) is 0.583. The Labute approximate surface area is 99.6 Å². The van der Waals surface area contributed by atoms with E-state index in [9.17, 15) is 9.90 Å². The molecule has 2 unspecified atom stereocenters. The third kappa shape index (κ3) is 2.35. The summed E-state index contributed by atoms with van der Waals surface area (Å²) in [5.41, 5.74) is 0.209. The number of aliphatic hydroxyl groups excluding tert-OH is 1. The molecular weight excluding hydrogens is 222 g/mol. The van der Waals surface area contributed by atoms with Gasteiger partial charge in [0, 0.05) is 6.04 Å². The van der Waals surface area contributed by atoms with Gasteiger partial charge in [0.15, 0.2) is 0 Å². The zero-order chi connectivity index (χ0) is 12.4. The molecule has 0 radical (unpaired) electrons. The van der Waals surface area contributed by atoms with Gasteiger partial charge in [-0.05, 0) is 24.9 Å². The molecule has 1 aromatic rings. The van der Waals surface area contributed by atoms with Gasteiger partial charge in [-0.2, -0.15) is 0 Å². The molecular formula is C12H17NO4. The summed E-state index contributed by atoms with van der Waals surface area (Å²) < 4.78 is 5.21. The van der Waals surface area contributed by atoms with Crippen LogP contribution in [0, 0.1) is 5.92 Å². The number of hydrogen-bond acceptors (Lipinski definition) is 4. The number of nitrogens with zero attached hydrogens (tertiary/aromatic N) is 1. The minimum atomic E-state index is -0.971. The quantitative estimate of drug-likeness (QED) is 0.825. The molecule has 2 N–H and O–H groups in total. The first kappa shape index (κ1) is 12.1. The van der Waals surface area contributed by atoms with Gasteiger partial charge >= 0.3 is 5.97 Å². The Morgan fingerprint density at radius 3 is 3.06 bits per heavy atom. The molecule has 1 aliphatic heterocycles. The zero-order valence-corrected chi connectivity index (χ0v) is 9.80. The van der Waals surface area contributed by atoms with Crippen LogP contribution in [0.25, 0.3) is 0 Å². The Morgan fingerprint density at radius 1 is 1.65 bits per heavy atom. The van der Waals surface area contributed by atoms with Gasteiger partial charge < -0.3 is 14.6 Å². The zero-order valence-electron chi connectivity index (χ0n) is 9.80. The van der Waals surface area contributed by atoms with E-state index < -0.39 is 5.97 Å². The van der Waals surface area contributed by atoms with Crippen LogP contribution in [0.3, 0.4) is 0 Å². The number of likely N-dealkylation sites (tertiary alicyclic amines) is 1. The molecule has 17 heavy (non-hydrogen) atoms. The highest BCUT2D eigenvalue weighted by molar-refractivity contribution is 5.88. The lowest BCUT2D eigenvalue weighted by Crippen LogP contribution is -2.34. The maximum atomic E-state index is 10.9. The van der Waals surface area contributed by atoms with E-state index in [4.69, 9.17) is 9.52 Å². The summed E-state index contributed by atoms with van der Waals surface area (Å²) in [4.78, 5) is 13.0. The van der Waals surface area contributed by atoms with Crippen molar-refractivity contribution in [3.63, 3.8) is 0 Å². The second-order valence-corrected chi connectivity index (χ2v) is 4.55. The van der Waals surface area contributed by atoms with Crippen molar-refractivity contribution in [3.05, 3.63) is 23.7 Å². The van der Waals surface area contributed by atoms with Crippen LogP contribution >= 0.6 is 0 Å². The molecule has 5 heteroatoms. The predicted octanol–water partition coefficient (Wildman–Crippen LogP) is 1.18. The lowest BCUT2D eigenvalue weighted by atomic mass is 10.0. The maximum Gasteiger partial charge on any atom is 0.339 e. The van der Waals surface area contributed by atoms with E-state index in [1.165, 1.54) is 12.3 Å². The van der Waals surface area contributed by atoms with Crippen LogP contribution in [0.5, 0.6) is 0 Å². The van der Waals surface area contributed by atoms with E-state index in [-0.39, 0.29) is 18.2 Å². The monoisotopic (exact) mass is 239 g/mol. The fourth-order valence-electron chi connectivity index (χ4n) is 2.42. The second kappa shape index (κ2) is 4.89. The van der Waals surface area contributed by atoms with Crippen LogP contribution in [0.15, 0.2) is 16.7 Å². The number of furan rings is 1. The summed E-state index contributed by atoms with van der Waals surface area (Å²) in [5, 5.41) is 18.3. The first-order valence-corrected chi connectivity index (χ1v) is 5.78. The summed E-state index contributed by atoms with van der Waals surface area (Å²) >= 11 is 0. The van der Waals surface area contributed by atoms with Gasteiger partial charge in [-0.3, -0.25) is 4.90 Å². The highest BCUT2D eigenvalue weighted by Gasteiger charge is 2.31. The number of carboxylic acid groups (broad SMARTS) is 1. The van der Waals surface area contributed by atoms with Gasteiger partial charge in [-0.15, -0.1) is 0 Å². The Hall–Kier alpha value is -1.33. The average Bonchev–Trinajstić information content (AvgIpc) is 2.86. The predicted molar refractivity (Wildman–Crippen MR) is 60.7 cm³/mol. The first-order valence-electron chi connectivity index (χ1n) is 5.78. The number of hydrogen-bond donors (Lipinski definition) is 2. The third-order valence-corrected chi connectivity index (χ3v) is 3.51. The second-order valence-electron chi connectivity index (χ2n) is 4.55. The van der Waals surface area contributed by atoms with Gasteiger partial charge in [-0.25, -0.2) is 4.79 Å². The molecule has 0 amide bonds. The largest absolute Gasteiger partial charge is 0.478 e. The highest BCUT2D eigenvalue weighted by atomic mass is 16.4. The first-order chi connectivity index (χ1) is 8.13. The SMILES string of the molecule is CC1CCN(Cc2occc2C(=O)O)C1CO. The van der Waals surface area contributed by atoms with E-state index in [2.05, 4.69) is 11.8 Å². The van der Waals surface area contributed by atoms with Gasteiger partial charge in [0.2, 0.25) is 0 Å². The van der Waals surface area contributed by atoms with Crippen molar-refractivity contribution in [1.29, 1.82) is 0 Å². The number of aliphatic hydroxyl groups is 1. The Morgan fingerprint density at radius 2 is 2.41 bits per heavy atom. The molecule has 2 atom stereocenters. The van der Waals surface area contributed by atoms with E-state index in [1.807, 2.05) is 0 Å². The molecule has 0 bridgehead atoms. The lowest BCUT2D eigenvalue weighted by Gasteiger charge is -2.24. The minimum absolute atomic E-state index is 0.0988. The minimum Gasteiger partial charge on any atom is -0.478 e. The van der Waals surface area contributed by atoms with Crippen molar-refractivity contribution in [3.8, 4) is 0 Å². The average molecular weight is 239 g/mol. The Balaban J connectivity index is 2.10. The molecule has 0 aliphatic carbocycles. The van der Waals surface area contributed by atoms with Gasteiger partial charge in [0.1, 0.15) is 11.3 Å². The van der Waals surface area contributed by atoms with Gasteiger partial charge in [0.05, 0.1) is 19.4 Å². The summed E-state index contributed by atoms with van der Waals surface area (Å²) in [6.07, 6.45) is 2.42. The molecule has 2 heterocycles. The summed E-state index contributed by atoms with van der Waals surface area (Å²) in [6.45, 7) is 3.52. The summed E-state index contributed by atoms with van der Waals surface area (Å²) in [7, 11) is 0. The summed E-state index contributed by atoms with van der Waals surface area (Å²) in [5.74, 6) is -0.0742. The number of carboxylic acids is 1. The van der Waals surface area contributed by atoms with Crippen molar-refractivity contribution < 1.29 is 19.4 Å². The molecule has 94 valence electrons. The normalized spacial score (nSPS) is 25.3. The Bertz CT molecular complexity index is 401. The number of carbonyl (C=O) groups is 1. The molecule has 1 saturated heterocycles. The molecule has 1 fully saturated rings. The van der Waals surface area contributed by atoms with Gasteiger partial charge in [0.25, 0.3) is 0 Å². The van der Waals surface area contributed by atoms with Crippen molar-refractivity contribution in [2.45, 2.75) is 25.9 Å². The van der Waals surface area contributed by atoms with E-state index >= 15 is 0 Å². The topological polar surface area (TPSA) is 73.9 Å². The van der Waals surface area contributed by atoms with Crippen LogP contribution in [-0.2, 0) is 6.54 Å². The molecule has 1 aromatic heterocycles. The van der Waals surface area contributed by atoms with Crippen LogP contribution in [-0.4, -0.2) is 40.3 Å². The molecule has 0 aromatic carbocycles. The van der Waals surface area contributed by atoms with Crippen LogP contribution < -0.4 is 0 Å². The van der Waals surface area contributed by atoms with Crippen molar-refractivity contribution in [2.24, 2.45) is 5.92 Å². The van der Waals surface area contributed by atoms with Crippen molar-refractivity contribution in [2.75, 3.05) is 13.2 Å². The van der Waals surface area contributed by atoms with E-state index in [1.54, 1.807) is 0 Å². The molecule has 5 nitrogen and oxygen atoms in total.